The van der Waals surface area contributed by atoms with Crippen molar-refractivity contribution in [1.29, 1.82) is 0 Å². The summed E-state index contributed by atoms with van der Waals surface area (Å²) in [5, 5.41) is 16.1. The molecule has 5 heteroatoms. The maximum absolute atomic E-state index is 8.06. The van der Waals surface area contributed by atoms with Crippen LogP contribution in [0.15, 0.2) is 0 Å². The van der Waals surface area contributed by atoms with Gasteiger partial charge in [0.2, 0.25) is 0 Å². The van der Waals surface area contributed by atoms with E-state index in [1.165, 1.54) is 0 Å². The Bertz CT molecular complexity index is 30.1. The van der Waals surface area contributed by atoms with Gasteiger partial charge in [0.25, 0.3) is 0 Å². The summed E-state index contributed by atoms with van der Waals surface area (Å²) in [4.78, 5) is 0. The molecular formula is C6H20O4Ti. The third kappa shape index (κ3) is 2510. The van der Waals surface area contributed by atoms with E-state index < -0.39 is 0 Å². The smallest absolute Gasteiger partial charge is 0.0483 e. The van der Waals surface area contributed by atoms with Gasteiger partial charge in [0.15, 0.2) is 0 Å². The minimum Gasteiger partial charge on any atom is -0.412 e. The summed E-state index contributed by atoms with van der Waals surface area (Å²) in [7, 11) is 0. The van der Waals surface area contributed by atoms with Gasteiger partial charge < -0.3 is 21.2 Å². The van der Waals surface area contributed by atoms with E-state index >= 15 is 0 Å². The Balaban J connectivity index is -0.0000000171. The summed E-state index contributed by atoms with van der Waals surface area (Å²) < 4.78 is 0. The third-order valence-electron chi connectivity index (χ3n) is 0. The normalized spacial score (nSPS) is 6.55. The van der Waals surface area contributed by atoms with E-state index in [2.05, 4.69) is 0 Å². The fourth-order valence-electron chi connectivity index (χ4n) is 0. The number of rotatable bonds is 0. The van der Waals surface area contributed by atoms with Crippen LogP contribution in [0.5, 0.6) is 0 Å². The minimum absolute atomic E-state index is 0. The van der Waals surface area contributed by atoms with E-state index in [9.17, 15) is 0 Å². The summed E-state index contributed by atoms with van der Waals surface area (Å²) in [6.45, 7) is 6.89. The standard InChI is InChI=1S/2C3H8O.2H2O.Ti/c2*1-3(2)4;;;/h2*3-4H,1-2H3;2*1H2;. The first-order chi connectivity index (χ1) is 3.46. The molecule has 0 rings (SSSR count). The van der Waals surface area contributed by atoms with Crippen LogP contribution in [0.1, 0.15) is 27.7 Å². The molecule has 72 valence electrons. The molecule has 0 saturated heterocycles. The Morgan fingerprint density at radius 2 is 0.727 bits per heavy atom. The monoisotopic (exact) mass is 204 g/mol. The predicted octanol–water partition coefficient (Wildman–Crippen LogP) is -0.878. The Morgan fingerprint density at radius 1 is 0.727 bits per heavy atom. The van der Waals surface area contributed by atoms with Crippen molar-refractivity contribution in [2.75, 3.05) is 0 Å². The zero-order valence-electron chi connectivity index (χ0n) is 7.55. The van der Waals surface area contributed by atoms with Crippen LogP contribution in [0.4, 0.5) is 0 Å². The summed E-state index contributed by atoms with van der Waals surface area (Å²) >= 11 is 0. The SMILES string of the molecule is CC(C)O.CC(C)O.O.O.[Ti]. The summed E-state index contributed by atoms with van der Waals surface area (Å²) in [6.07, 6.45) is -0.333. The van der Waals surface area contributed by atoms with Crippen LogP contribution < -0.4 is 0 Å². The molecule has 6 N–H and O–H groups in total. The molecule has 0 bridgehead atoms. The van der Waals surface area contributed by atoms with Crippen LogP contribution in [0.2, 0.25) is 0 Å². The van der Waals surface area contributed by atoms with Crippen molar-refractivity contribution in [2.24, 2.45) is 0 Å². The Kier molecular flexibility index (Phi) is 61.1. The maximum Gasteiger partial charge on any atom is 0.0483 e. The minimum atomic E-state index is -0.167. The van der Waals surface area contributed by atoms with Crippen molar-refractivity contribution in [3.8, 4) is 0 Å². The Hall–Kier alpha value is 0.554. The van der Waals surface area contributed by atoms with Gasteiger partial charge in [0, 0.05) is 33.9 Å². The molecule has 0 spiro atoms. The first-order valence-electron chi connectivity index (χ1n) is 2.83. The second-order valence-corrected chi connectivity index (χ2v) is 2.19. The van der Waals surface area contributed by atoms with Crippen molar-refractivity contribution >= 4 is 0 Å². The van der Waals surface area contributed by atoms with E-state index in [0.717, 1.165) is 0 Å². The van der Waals surface area contributed by atoms with Crippen LogP contribution >= 0.6 is 0 Å². The molecule has 0 aromatic carbocycles. The second-order valence-electron chi connectivity index (χ2n) is 2.19. The van der Waals surface area contributed by atoms with E-state index in [-0.39, 0.29) is 44.9 Å². The number of aliphatic hydroxyl groups is 2. The van der Waals surface area contributed by atoms with E-state index in [1.54, 1.807) is 27.7 Å². The van der Waals surface area contributed by atoms with Gasteiger partial charge in [0.05, 0.1) is 0 Å². The van der Waals surface area contributed by atoms with Gasteiger partial charge in [-0.15, -0.1) is 0 Å². The van der Waals surface area contributed by atoms with Crippen molar-refractivity contribution in [1.82, 2.24) is 0 Å². The van der Waals surface area contributed by atoms with E-state index in [0.29, 0.717) is 0 Å². The molecule has 11 heavy (non-hydrogen) atoms. The number of hydrogen-bond donors (Lipinski definition) is 2. The zero-order chi connectivity index (χ0) is 7.15. The molecule has 0 aliphatic heterocycles. The van der Waals surface area contributed by atoms with Crippen molar-refractivity contribution in [3.63, 3.8) is 0 Å². The Labute approximate surface area is 83.1 Å². The molecule has 0 atom stereocenters. The van der Waals surface area contributed by atoms with Crippen LogP contribution in [0.3, 0.4) is 0 Å². The van der Waals surface area contributed by atoms with E-state index in [4.69, 9.17) is 10.2 Å². The molecule has 0 unspecified atom stereocenters. The largest absolute Gasteiger partial charge is 0.412 e. The predicted molar refractivity (Wildman–Crippen MR) is 41.9 cm³/mol. The quantitative estimate of drug-likeness (QED) is 0.500. The topological polar surface area (TPSA) is 103 Å². The number of hydrogen-bond acceptors (Lipinski definition) is 2. The molecule has 0 aliphatic carbocycles. The molecule has 0 radical (unpaired) electrons. The number of aliphatic hydroxyl groups excluding tert-OH is 2. The van der Waals surface area contributed by atoms with Gasteiger partial charge in [0.1, 0.15) is 0 Å². The summed E-state index contributed by atoms with van der Waals surface area (Å²) in [5.74, 6) is 0. The third-order valence-corrected chi connectivity index (χ3v) is 0. The van der Waals surface area contributed by atoms with Gasteiger partial charge in [-0.05, 0) is 27.7 Å². The molecule has 0 aromatic rings. The molecule has 0 fully saturated rings. The maximum atomic E-state index is 8.06. The Morgan fingerprint density at radius 3 is 0.727 bits per heavy atom. The van der Waals surface area contributed by atoms with Crippen molar-refractivity contribution < 1.29 is 42.9 Å². The zero-order valence-corrected chi connectivity index (χ0v) is 9.11. The average molecular weight is 204 g/mol. The van der Waals surface area contributed by atoms with Crippen LogP contribution in [-0.2, 0) is 21.7 Å². The average Bonchev–Trinajstić information content (AvgIpc) is 1.25. The molecular weight excluding hydrogens is 184 g/mol. The van der Waals surface area contributed by atoms with Crippen LogP contribution in [0.25, 0.3) is 0 Å². The van der Waals surface area contributed by atoms with Gasteiger partial charge in [-0.2, -0.15) is 0 Å². The molecule has 0 saturated carbocycles. The van der Waals surface area contributed by atoms with Crippen LogP contribution in [0, 0.1) is 0 Å². The van der Waals surface area contributed by atoms with Crippen molar-refractivity contribution in [2.45, 2.75) is 39.9 Å². The summed E-state index contributed by atoms with van der Waals surface area (Å²) in [5.41, 5.74) is 0. The molecule has 0 heterocycles. The molecule has 0 aromatic heterocycles. The first-order valence-corrected chi connectivity index (χ1v) is 2.83. The van der Waals surface area contributed by atoms with Crippen molar-refractivity contribution in [3.05, 3.63) is 0 Å². The van der Waals surface area contributed by atoms with E-state index in [1.807, 2.05) is 0 Å². The summed E-state index contributed by atoms with van der Waals surface area (Å²) in [6, 6.07) is 0. The fourth-order valence-corrected chi connectivity index (χ4v) is 0. The molecule has 0 aliphatic rings. The second kappa shape index (κ2) is 22.4. The van der Waals surface area contributed by atoms with Gasteiger partial charge in [-0.25, -0.2) is 0 Å². The molecule has 4 nitrogen and oxygen atoms in total. The van der Waals surface area contributed by atoms with Gasteiger partial charge in [-0.1, -0.05) is 0 Å². The van der Waals surface area contributed by atoms with Gasteiger partial charge >= 0.3 is 0 Å². The van der Waals surface area contributed by atoms with Crippen LogP contribution in [-0.4, -0.2) is 33.4 Å². The first kappa shape index (κ1) is 30.0. The fraction of sp³-hybridized carbons (Fsp3) is 1.00. The van der Waals surface area contributed by atoms with Gasteiger partial charge in [-0.3, -0.25) is 0 Å². The molecule has 0 amide bonds.